The van der Waals surface area contributed by atoms with Gasteiger partial charge in [-0.3, -0.25) is 0 Å². The van der Waals surface area contributed by atoms with Crippen molar-refractivity contribution in [2.24, 2.45) is 5.92 Å². The normalized spacial score (nSPS) is 24.9. The van der Waals surface area contributed by atoms with E-state index in [0.717, 1.165) is 31.4 Å². The van der Waals surface area contributed by atoms with Crippen LogP contribution in [0.5, 0.6) is 17.2 Å². The van der Waals surface area contributed by atoms with Crippen LogP contribution in [-0.2, 0) is 6.54 Å². The zero-order chi connectivity index (χ0) is 13.2. The second kappa shape index (κ2) is 5.27. The van der Waals surface area contributed by atoms with E-state index in [1.165, 1.54) is 0 Å². The average molecular weight is 265 g/mol. The summed E-state index contributed by atoms with van der Waals surface area (Å²) in [6, 6.07) is 3.41. The zero-order valence-corrected chi connectivity index (χ0v) is 10.8. The number of phenols is 1. The number of aliphatic hydroxyl groups is 1. The van der Waals surface area contributed by atoms with Gasteiger partial charge in [0.1, 0.15) is 5.75 Å². The Morgan fingerprint density at radius 3 is 2.74 bits per heavy atom. The molecule has 3 rings (SSSR count). The molecule has 0 saturated heterocycles. The van der Waals surface area contributed by atoms with Crippen LogP contribution in [-0.4, -0.2) is 29.7 Å². The van der Waals surface area contributed by atoms with E-state index in [1.807, 2.05) is 6.07 Å². The Bertz CT molecular complexity index is 463. The number of hydrogen-bond acceptors (Lipinski definition) is 5. The molecule has 19 heavy (non-hydrogen) atoms. The van der Waals surface area contributed by atoms with Crippen LogP contribution < -0.4 is 14.8 Å². The molecule has 2 atom stereocenters. The Morgan fingerprint density at radius 1 is 1.21 bits per heavy atom. The monoisotopic (exact) mass is 265 g/mol. The third-order valence-electron chi connectivity index (χ3n) is 3.84. The fourth-order valence-corrected chi connectivity index (χ4v) is 2.76. The summed E-state index contributed by atoms with van der Waals surface area (Å²) < 4.78 is 10.5. The first-order valence-electron chi connectivity index (χ1n) is 6.72. The summed E-state index contributed by atoms with van der Waals surface area (Å²) in [7, 11) is 0. The van der Waals surface area contributed by atoms with E-state index in [9.17, 15) is 10.2 Å². The third kappa shape index (κ3) is 2.77. The SMILES string of the molecule is Oc1cc2c(cc1CNCC1CCC(O)C1)OCO2. The Balaban J connectivity index is 1.55. The van der Waals surface area contributed by atoms with Gasteiger partial charge in [-0.1, -0.05) is 0 Å². The summed E-state index contributed by atoms with van der Waals surface area (Å²) in [6.45, 7) is 1.67. The number of hydrogen-bond donors (Lipinski definition) is 3. The van der Waals surface area contributed by atoms with Gasteiger partial charge < -0.3 is 25.0 Å². The van der Waals surface area contributed by atoms with Crippen molar-refractivity contribution in [2.45, 2.75) is 31.9 Å². The lowest BCUT2D eigenvalue weighted by molar-refractivity contribution is 0.174. The van der Waals surface area contributed by atoms with Crippen LogP contribution in [0.15, 0.2) is 12.1 Å². The number of rotatable bonds is 4. The topological polar surface area (TPSA) is 71.0 Å². The van der Waals surface area contributed by atoms with E-state index in [4.69, 9.17) is 9.47 Å². The molecule has 5 nitrogen and oxygen atoms in total. The van der Waals surface area contributed by atoms with E-state index in [1.54, 1.807) is 6.07 Å². The highest BCUT2D eigenvalue weighted by Crippen LogP contribution is 2.37. The van der Waals surface area contributed by atoms with E-state index < -0.39 is 0 Å². The summed E-state index contributed by atoms with van der Waals surface area (Å²) in [5, 5.41) is 22.7. The van der Waals surface area contributed by atoms with Crippen molar-refractivity contribution in [2.75, 3.05) is 13.3 Å². The molecule has 2 unspecified atom stereocenters. The Labute approximate surface area is 112 Å². The van der Waals surface area contributed by atoms with Crippen molar-refractivity contribution in [3.63, 3.8) is 0 Å². The van der Waals surface area contributed by atoms with Gasteiger partial charge in [-0.05, 0) is 37.8 Å². The molecule has 5 heteroatoms. The summed E-state index contributed by atoms with van der Waals surface area (Å²) in [4.78, 5) is 0. The maximum absolute atomic E-state index is 9.89. The number of nitrogens with one attached hydrogen (secondary N) is 1. The van der Waals surface area contributed by atoms with Crippen molar-refractivity contribution in [3.8, 4) is 17.2 Å². The minimum Gasteiger partial charge on any atom is -0.507 e. The van der Waals surface area contributed by atoms with Crippen LogP contribution in [0.4, 0.5) is 0 Å². The highest BCUT2D eigenvalue weighted by atomic mass is 16.7. The van der Waals surface area contributed by atoms with Gasteiger partial charge in [0.05, 0.1) is 6.10 Å². The second-order valence-corrected chi connectivity index (χ2v) is 5.30. The molecule has 1 heterocycles. The highest BCUT2D eigenvalue weighted by Gasteiger charge is 2.22. The molecule has 0 amide bonds. The van der Waals surface area contributed by atoms with Crippen molar-refractivity contribution < 1.29 is 19.7 Å². The number of aliphatic hydroxyl groups excluding tert-OH is 1. The predicted octanol–water partition coefficient (Wildman–Crippen LogP) is 1.37. The summed E-state index contributed by atoms with van der Waals surface area (Å²) >= 11 is 0. The van der Waals surface area contributed by atoms with E-state index in [-0.39, 0.29) is 18.6 Å². The van der Waals surface area contributed by atoms with E-state index in [0.29, 0.717) is 24.0 Å². The summed E-state index contributed by atoms with van der Waals surface area (Å²) in [5.74, 6) is 2.04. The first kappa shape index (κ1) is 12.6. The highest BCUT2D eigenvalue weighted by molar-refractivity contribution is 5.51. The summed E-state index contributed by atoms with van der Waals surface area (Å²) in [6.07, 6.45) is 2.72. The van der Waals surface area contributed by atoms with Gasteiger partial charge in [0, 0.05) is 18.2 Å². The van der Waals surface area contributed by atoms with Crippen LogP contribution in [0.3, 0.4) is 0 Å². The molecule has 1 aromatic carbocycles. The molecule has 1 aromatic rings. The second-order valence-electron chi connectivity index (χ2n) is 5.30. The lowest BCUT2D eigenvalue weighted by Gasteiger charge is -2.12. The number of fused-ring (bicyclic) bond motifs is 1. The van der Waals surface area contributed by atoms with Crippen LogP contribution in [0.1, 0.15) is 24.8 Å². The molecule has 1 aliphatic carbocycles. The van der Waals surface area contributed by atoms with Crippen LogP contribution in [0, 0.1) is 5.92 Å². The van der Waals surface area contributed by atoms with Crippen molar-refractivity contribution in [1.29, 1.82) is 0 Å². The van der Waals surface area contributed by atoms with Gasteiger partial charge in [0.25, 0.3) is 0 Å². The van der Waals surface area contributed by atoms with E-state index in [2.05, 4.69) is 5.32 Å². The third-order valence-corrected chi connectivity index (χ3v) is 3.84. The maximum atomic E-state index is 9.89. The Kier molecular flexibility index (Phi) is 3.48. The first-order chi connectivity index (χ1) is 9.22. The molecule has 0 spiro atoms. The first-order valence-corrected chi connectivity index (χ1v) is 6.72. The van der Waals surface area contributed by atoms with Gasteiger partial charge in [0.15, 0.2) is 11.5 Å². The van der Waals surface area contributed by atoms with Gasteiger partial charge in [-0.2, -0.15) is 0 Å². The number of ether oxygens (including phenoxy) is 2. The molecule has 104 valence electrons. The molecular formula is C14H19NO4. The van der Waals surface area contributed by atoms with Crippen molar-refractivity contribution >= 4 is 0 Å². The van der Waals surface area contributed by atoms with Crippen molar-refractivity contribution in [3.05, 3.63) is 17.7 Å². The van der Waals surface area contributed by atoms with Crippen LogP contribution >= 0.6 is 0 Å². The Morgan fingerprint density at radius 2 is 2.00 bits per heavy atom. The molecule has 0 bridgehead atoms. The number of benzene rings is 1. The standard InChI is InChI=1S/C14H19NO4/c16-11-2-1-9(3-11)6-15-7-10-4-13-14(5-12(10)17)19-8-18-13/h4-5,9,11,15-17H,1-3,6-8H2. The minimum atomic E-state index is -0.134. The summed E-state index contributed by atoms with van der Waals surface area (Å²) in [5.41, 5.74) is 0.808. The quantitative estimate of drug-likeness (QED) is 0.767. The fraction of sp³-hybridized carbons (Fsp3) is 0.571. The molecule has 1 aliphatic heterocycles. The largest absolute Gasteiger partial charge is 0.507 e. The van der Waals surface area contributed by atoms with Crippen LogP contribution in [0.25, 0.3) is 0 Å². The van der Waals surface area contributed by atoms with Gasteiger partial charge in [-0.15, -0.1) is 0 Å². The van der Waals surface area contributed by atoms with Gasteiger partial charge in [-0.25, -0.2) is 0 Å². The van der Waals surface area contributed by atoms with Gasteiger partial charge in [0.2, 0.25) is 6.79 Å². The number of phenolic OH excluding ortho intramolecular Hbond substituents is 1. The maximum Gasteiger partial charge on any atom is 0.231 e. The number of aromatic hydroxyl groups is 1. The molecule has 1 fully saturated rings. The lowest BCUT2D eigenvalue weighted by Crippen LogP contribution is -2.21. The van der Waals surface area contributed by atoms with E-state index >= 15 is 0 Å². The molecule has 0 aromatic heterocycles. The Hall–Kier alpha value is -1.46. The van der Waals surface area contributed by atoms with Crippen molar-refractivity contribution in [1.82, 2.24) is 5.32 Å². The smallest absolute Gasteiger partial charge is 0.231 e. The molecule has 3 N–H and O–H groups in total. The lowest BCUT2D eigenvalue weighted by atomic mass is 10.1. The molecule has 2 aliphatic rings. The molecular weight excluding hydrogens is 246 g/mol. The average Bonchev–Trinajstić information content (AvgIpc) is 2.98. The van der Waals surface area contributed by atoms with Crippen LogP contribution in [0.2, 0.25) is 0 Å². The van der Waals surface area contributed by atoms with Gasteiger partial charge >= 0.3 is 0 Å². The predicted molar refractivity (Wildman–Crippen MR) is 69.3 cm³/mol. The minimum absolute atomic E-state index is 0.134. The molecule has 1 saturated carbocycles. The zero-order valence-electron chi connectivity index (χ0n) is 10.8. The fourth-order valence-electron chi connectivity index (χ4n) is 2.76. The molecule has 0 radical (unpaired) electrons.